The molecular weight excluding hydrogens is 226 g/mol. The second-order valence-electron chi connectivity index (χ2n) is 3.77. The van der Waals surface area contributed by atoms with Crippen LogP contribution in [0.15, 0.2) is 10.7 Å². The van der Waals surface area contributed by atoms with Gasteiger partial charge in [-0.15, -0.1) is 0 Å². The zero-order valence-corrected chi connectivity index (χ0v) is 9.15. The van der Waals surface area contributed by atoms with E-state index in [1.807, 2.05) is 0 Å². The number of carbonyl (C=O) groups is 3. The molecule has 0 aliphatic carbocycles. The van der Waals surface area contributed by atoms with Crippen molar-refractivity contribution in [2.24, 2.45) is 0 Å². The van der Waals surface area contributed by atoms with Gasteiger partial charge in [-0.3, -0.25) is 19.7 Å². The zero-order chi connectivity index (χ0) is 12.4. The van der Waals surface area contributed by atoms with Crippen molar-refractivity contribution in [3.05, 3.63) is 17.5 Å². The Balaban J connectivity index is 2.02. The summed E-state index contributed by atoms with van der Waals surface area (Å²) in [5.41, 5.74) is 0.287. The third-order valence-electron chi connectivity index (χ3n) is 2.54. The molecule has 17 heavy (non-hydrogen) atoms. The molecule has 0 bridgehead atoms. The second-order valence-corrected chi connectivity index (χ2v) is 3.77. The maximum Gasteiger partial charge on any atom is 0.257 e. The standard InChI is InChI=1S/C10H11N3O4/c1-5-6(4-11-17-5)9(15)12-7-2-3-8(14)13-10(7)16/h4,7H,2-3H2,1H3,(H,12,15)(H,13,14,16). The molecule has 1 aliphatic heterocycles. The summed E-state index contributed by atoms with van der Waals surface area (Å²) in [7, 11) is 0. The molecule has 0 spiro atoms. The Morgan fingerprint density at radius 1 is 1.59 bits per heavy atom. The molecule has 0 aromatic carbocycles. The van der Waals surface area contributed by atoms with Gasteiger partial charge in [-0.2, -0.15) is 0 Å². The summed E-state index contributed by atoms with van der Waals surface area (Å²) < 4.78 is 4.75. The highest BCUT2D eigenvalue weighted by atomic mass is 16.5. The van der Waals surface area contributed by atoms with Gasteiger partial charge in [-0.05, 0) is 13.3 Å². The number of aryl methyl sites for hydroxylation is 1. The van der Waals surface area contributed by atoms with Crippen LogP contribution in [0, 0.1) is 6.92 Å². The summed E-state index contributed by atoms with van der Waals surface area (Å²) in [6.07, 6.45) is 1.82. The van der Waals surface area contributed by atoms with Crippen LogP contribution in [0.2, 0.25) is 0 Å². The van der Waals surface area contributed by atoms with Gasteiger partial charge in [-0.25, -0.2) is 0 Å². The molecule has 1 aromatic heterocycles. The van der Waals surface area contributed by atoms with Gasteiger partial charge in [0.05, 0.1) is 6.20 Å². The monoisotopic (exact) mass is 237 g/mol. The number of nitrogens with one attached hydrogen (secondary N) is 2. The van der Waals surface area contributed by atoms with Crippen molar-refractivity contribution in [1.29, 1.82) is 0 Å². The number of hydrogen-bond acceptors (Lipinski definition) is 5. The van der Waals surface area contributed by atoms with E-state index in [1.165, 1.54) is 6.20 Å². The Morgan fingerprint density at radius 3 is 2.94 bits per heavy atom. The third-order valence-corrected chi connectivity index (χ3v) is 2.54. The van der Waals surface area contributed by atoms with Crippen LogP contribution >= 0.6 is 0 Å². The third kappa shape index (κ3) is 2.32. The van der Waals surface area contributed by atoms with Gasteiger partial charge < -0.3 is 9.84 Å². The van der Waals surface area contributed by atoms with Crippen LogP contribution in [0.4, 0.5) is 0 Å². The van der Waals surface area contributed by atoms with Gasteiger partial charge in [0, 0.05) is 6.42 Å². The number of amides is 3. The highest BCUT2D eigenvalue weighted by molar-refractivity contribution is 6.03. The predicted molar refractivity (Wildman–Crippen MR) is 54.9 cm³/mol. The van der Waals surface area contributed by atoms with Gasteiger partial charge in [0.1, 0.15) is 17.4 Å². The Bertz CT molecular complexity index is 480. The first-order valence-corrected chi connectivity index (χ1v) is 5.14. The zero-order valence-electron chi connectivity index (χ0n) is 9.15. The maximum absolute atomic E-state index is 11.7. The van der Waals surface area contributed by atoms with Crippen LogP contribution in [-0.2, 0) is 9.59 Å². The van der Waals surface area contributed by atoms with E-state index in [0.29, 0.717) is 12.2 Å². The molecular formula is C10H11N3O4. The van der Waals surface area contributed by atoms with Crippen LogP contribution in [0.1, 0.15) is 29.0 Å². The lowest BCUT2D eigenvalue weighted by Crippen LogP contribution is -2.52. The van der Waals surface area contributed by atoms with Crippen molar-refractivity contribution in [1.82, 2.24) is 15.8 Å². The molecule has 1 atom stereocenters. The topological polar surface area (TPSA) is 101 Å². The first kappa shape index (κ1) is 11.3. The average Bonchev–Trinajstić information content (AvgIpc) is 2.68. The van der Waals surface area contributed by atoms with Crippen molar-refractivity contribution < 1.29 is 18.9 Å². The molecule has 1 aromatic rings. The van der Waals surface area contributed by atoms with E-state index >= 15 is 0 Å². The van der Waals surface area contributed by atoms with Crippen molar-refractivity contribution in [3.63, 3.8) is 0 Å². The van der Waals surface area contributed by atoms with Crippen LogP contribution in [-0.4, -0.2) is 28.9 Å². The normalized spacial score (nSPS) is 19.9. The van der Waals surface area contributed by atoms with Crippen molar-refractivity contribution in [2.45, 2.75) is 25.8 Å². The maximum atomic E-state index is 11.7. The lowest BCUT2D eigenvalue weighted by Gasteiger charge is -2.21. The molecule has 1 unspecified atom stereocenters. The molecule has 7 nitrogen and oxygen atoms in total. The van der Waals surface area contributed by atoms with E-state index in [1.54, 1.807) is 6.92 Å². The summed E-state index contributed by atoms with van der Waals surface area (Å²) in [5, 5.41) is 8.17. The van der Waals surface area contributed by atoms with Gasteiger partial charge in [-0.1, -0.05) is 5.16 Å². The molecule has 0 radical (unpaired) electrons. The first-order valence-electron chi connectivity index (χ1n) is 5.14. The number of piperidine rings is 1. The minimum atomic E-state index is -0.686. The lowest BCUT2D eigenvalue weighted by molar-refractivity contribution is -0.134. The Hall–Kier alpha value is -2.18. The number of hydrogen-bond donors (Lipinski definition) is 2. The minimum Gasteiger partial charge on any atom is -0.361 e. The van der Waals surface area contributed by atoms with Crippen molar-refractivity contribution in [3.8, 4) is 0 Å². The summed E-state index contributed by atoms with van der Waals surface area (Å²) in [6.45, 7) is 1.60. The fourth-order valence-corrected chi connectivity index (χ4v) is 1.58. The highest BCUT2D eigenvalue weighted by Gasteiger charge is 2.28. The van der Waals surface area contributed by atoms with E-state index in [4.69, 9.17) is 4.52 Å². The van der Waals surface area contributed by atoms with Crippen LogP contribution < -0.4 is 10.6 Å². The van der Waals surface area contributed by atoms with Crippen molar-refractivity contribution >= 4 is 17.7 Å². The van der Waals surface area contributed by atoms with E-state index in [-0.39, 0.29) is 17.9 Å². The van der Waals surface area contributed by atoms with Crippen LogP contribution in [0.5, 0.6) is 0 Å². The predicted octanol–water partition coefficient (Wildman–Crippen LogP) is -0.482. The summed E-state index contributed by atoms with van der Waals surface area (Å²) in [5.74, 6) is -0.849. The summed E-state index contributed by atoms with van der Waals surface area (Å²) >= 11 is 0. The van der Waals surface area contributed by atoms with E-state index in [9.17, 15) is 14.4 Å². The number of rotatable bonds is 2. The van der Waals surface area contributed by atoms with E-state index < -0.39 is 17.9 Å². The number of nitrogens with zero attached hydrogens (tertiary/aromatic N) is 1. The van der Waals surface area contributed by atoms with Crippen LogP contribution in [0.25, 0.3) is 0 Å². The average molecular weight is 237 g/mol. The van der Waals surface area contributed by atoms with Gasteiger partial charge >= 0.3 is 0 Å². The number of aromatic nitrogens is 1. The second kappa shape index (κ2) is 4.36. The smallest absolute Gasteiger partial charge is 0.257 e. The molecule has 2 rings (SSSR count). The molecule has 7 heteroatoms. The Labute approximate surface area is 96.5 Å². The van der Waals surface area contributed by atoms with E-state index in [0.717, 1.165) is 0 Å². The molecule has 1 aliphatic rings. The first-order chi connectivity index (χ1) is 8.08. The summed E-state index contributed by atoms with van der Waals surface area (Å²) in [6, 6.07) is -0.686. The SMILES string of the molecule is Cc1oncc1C(=O)NC1CCC(=O)NC1=O. The molecule has 0 saturated carbocycles. The van der Waals surface area contributed by atoms with Gasteiger partial charge in [0.25, 0.3) is 5.91 Å². The minimum absolute atomic E-state index is 0.222. The number of carbonyl (C=O) groups excluding carboxylic acids is 3. The van der Waals surface area contributed by atoms with Gasteiger partial charge in [0.2, 0.25) is 11.8 Å². The molecule has 3 amide bonds. The Morgan fingerprint density at radius 2 is 2.35 bits per heavy atom. The molecule has 1 fully saturated rings. The van der Waals surface area contributed by atoms with Crippen LogP contribution in [0.3, 0.4) is 0 Å². The number of imide groups is 1. The molecule has 2 N–H and O–H groups in total. The molecule has 90 valence electrons. The fourth-order valence-electron chi connectivity index (χ4n) is 1.58. The van der Waals surface area contributed by atoms with Gasteiger partial charge in [0.15, 0.2) is 0 Å². The fraction of sp³-hybridized carbons (Fsp3) is 0.400. The van der Waals surface area contributed by atoms with Crippen molar-refractivity contribution in [2.75, 3.05) is 0 Å². The highest BCUT2D eigenvalue weighted by Crippen LogP contribution is 2.09. The molecule has 2 heterocycles. The largest absolute Gasteiger partial charge is 0.361 e. The molecule has 1 saturated heterocycles. The quantitative estimate of drug-likeness (QED) is 0.676. The summed E-state index contributed by atoms with van der Waals surface area (Å²) in [4.78, 5) is 34.1. The Kier molecular flexibility index (Phi) is 2.90. The van der Waals surface area contributed by atoms with E-state index in [2.05, 4.69) is 15.8 Å². The lowest BCUT2D eigenvalue weighted by atomic mass is 10.1.